The lowest BCUT2D eigenvalue weighted by Gasteiger charge is -2.19. The Morgan fingerprint density at radius 3 is 2.66 bits per heavy atom. The molecule has 2 heterocycles. The molecule has 3 aromatic rings. The van der Waals surface area contributed by atoms with Gasteiger partial charge in [-0.1, -0.05) is 18.2 Å². The predicted molar refractivity (Wildman–Crippen MR) is 106 cm³/mol. The van der Waals surface area contributed by atoms with Gasteiger partial charge in [-0.3, -0.25) is 0 Å². The highest BCUT2D eigenvalue weighted by molar-refractivity contribution is 5.44. The van der Waals surface area contributed by atoms with Crippen LogP contribution in [-0.2, 0) is 29.2 Å². The summed E-state index contributed by atoms with van der Waals surface area (Å²) in [7, 11) is 1.66. The Balaban J connectivity index is 1.32. The second-order valence-corrected chi connectivity index (χ2v) is 6.74. The lowest BCUT2D eigenvalue weighted by Crippen LogP contribution is -2.25. The van der Waals surface area contributed by atoms with Crippen molar-refractivity contribution in [1.29, 1.82) is 0 Å². The van der Waals surface area contributed by atoms with Gasteiger partial charge in [0.25, 0.3) is 0 Å². The molecule has 0 N–H and O–H groups in total. The summed E-state index contributed by atoms with van der Waals surface area (Å²) in [4.78, 5) is 4.10. The standard InChI is InChI=1S/C22H24N2O5/c1-25-19-5-2-17(3-6-19)13-27-20(11-24-9-8-23-15-24)14-26-12-18-4-7-21-22(10-18)29-16-28-21/h2-10,15,20H,11-14,16H2,1H3. The summed E-state index contributed by atoms with van der Waals surface area (Å²) in [6.07, 6.45) is 5.34. The number of methoxy groups -OCH3 is 1. The van der Waals surface area contributed by atoms with Gasteiger partial charge in [0.15, 0.2) is 11.5 Å². The number of nitrogens with zero attached hydrogens (tertiary/aromatic N) is 2. The number of hydrogen-bond donors (Lipinski definition) is 0. The minimum absolute atomic E-state index is 0.111. The first kappa shape index (κ1) is 19.3. The Morgan fingerprint density at radius 1 is 1.03 bits per heavy atom. The van der Waals surface area contributed by atoms with Gasteiger partial charge in [0, 0.05) is 12.4 Å². The van der Waals surface area contributed by atoms with Crippen molar-refractivity contribution in [2.24, 2.45) is 0 Å². The average Bonchev–Trinajstić information content (AvgIpc) is 3.43. The molecule has 1 atom stereocenters. The summed E-state index contributed by atoms with van der Waals surface area (Å²) >= 11 is 0. The highest BCUT2D eigenvalue weighted by Gasteiger charge is 2.15. The van der Waals surface area contributed by atoms with Crippen molar-refractivity contribution in [3.63, 3.8) is 0 Å². The van der Waals surface area contributed by atoms with E-state index in [1.165, 1.54) is 0 Å². The van der Waals surface area contributed by atoms with Crippen LogP contribution in [-0.4, -0.2) is 36.2 Å². The summed E-state index contributed by atoms with van der Waals surface area (Å²) in [6, 6.07) is 13.7. The highest BCUT2D eigenvalue weighted by Crippen LogP contribution is 2.32. The molecule has 0 radical (unpaired) electrons. The summed E-state index contributed by atoms with van der Waals surface area (Å²) in [5.74, 6) is 2.36. The van der Waals surface area contributed by atoms with E-state index in [1.807, 2.05) is 53.2 Å². The van der Waals surface area contributed by atoms with Crippen molar-refractivity contribution < 1.29 is 23.7 Å². The molecule has 0 amide bonds. The van der Waals surface area contributed by atoms with Crippen LogP contribution in [0.4, 0.5) is 0 Å². The molecule has 0 saturated carbocycles. The van der Waals surface area contributed by atoms with Crippen LogP contribution < -0.4 is 14.2 Å². The first-order valence-electron chi connectivity index (χ1n) is 9.47. The second kappa shape index (κ2) is 9.45. The monoisotopic (exact) mass is 396 g/mol. The lowest BCUT2D eigenvalue weighted by molar-refractivity contribution is -0.0373. The molecule has 0 spiro atoms. The van der Waals surface area contributed by atoms with E-state index in [9.17, 15) is 0 Å². The van der Waals surface area contributed by atoms with Crippen LogP contribution in [0.25, 0.3) is 0 Å². The van der Waals surface area contributed by atoms with Crippen molar-refractivity contribution in [2.45, 2.75) is 25.9 Å². The Bertz CT molecular complexity index is 896. The van der Waals surface area contributed by atoms with E-state index in [0.29, 0.717) is 26.4 Å². The number of aromatic nitrogens is 2. The van der Waals surface area contributed by atoms with Gasteiger partial charge in [-0.15, -0.1) is 0 Å². The number of fused-ring (bicyclic) bond motifs is 1. The fourth-order valence-corrected chi connectivity index (χ4v) is 3.06. The largest absolute Gasteiger partial charge is 0.497 e. The molecule has 1 aliphatic rings. The number of imidazole rings is 1. The molecule has 0 fully saturated rings. The zero-order chi connectivity index (χ0) is 19.9. The van der Waals surface area contributed by atoms with E-state index in [4.69, 9.17) is 23.7 Å². The molecule has 29 heavy (non-hydrogen) atoms. The molecule has 7 heteroatoms. The first-order valence-corrected chi connectivity index (χ1v) is 9.47. The van der Waals surface area contributed by atoms with Gasteiger partial charge < -0.3 is 28.3 Å². The maximum absolute atomic E-state index is 6.13. The van der Waals surface area contributed by atoms with Gasteiger partial charge in [-0.25, -0.2) is 4.98 Å². The zero-order valence-corrected chi connectivity index (χ0v) is 16.3. The average molecular weight is 396 g/mol. The van der Waals surface area contributed by atoms with Crippen molar-refractivity contribution >= 4 is 0 Å². The zero-order valence-electron chi connectivity index (χ0n) is 16.3. The maximum atomic E-state index is 6.13. The predicted octanol–water partition coefficient (Wildman–Crippen LogP) is 3.42. The van der Waals surface area contributed by atoms with Crippen molar-refractivity contribution in [2.75, 3.05) is 20.5 Å². The summed E-state index contributed by atoms with van der Waals surface area (Å²) in [5.41, 5.74) is 2.11. The Labute approximate surface area is 169 Å². The molecular weight excluding hydrogens is 372 g/mol. The molecule has 0 aliphatic carbocycles. The van der Waals surface area contributed by atoms with Gasteiger partial charge in [0.2, 0.25) is 6.79 Å². The van der Waals surface area contributed by atoms with E-state index >= 15 is 0 Å². The topological polar surface area (TPSA) is 64.0 Å². The van der Waals surface area contributed by atoms with Gasteiger partial charge in [-0.2, -0.15) is 0 Å². The van der Waals surface area contributed by atoms with Crippen LogP contribution in [0.3, 0.4) is 0 Å². The number of ether oxygens (including phenoxy) is 5. The Hall–Kier alpha value is -3.03. The molecule has 7 nitrogen and oxygen atoms in total. The van der Waals surface area contributed by atoms with E-state index in [2.05, 4.69) is 4.98 Å². The second-order valence-electron chi connectivity index (χ2n) is 6.74. The van der Waals surface area contributed by atoms with Gasteiger partial charge in [0.05, 0.1) is 45.9 Å². The van der Waals surface area contributed by atoms with Crippen LogP contribution in [0, 0.1) is 0 Å². The van der Waals surface area contributed by atoms with Crippen LogP contribution in [0.1, 0.15) is 11.1 Å². The third-order valence-corrected chi connectivity index (χ3v) is 4.63. The molecular formula is C22H24N2O5. The Morgan fingerprint density at radius 2 is 1.86 bits per heavy atom. The minimum atomic E-state index is -0.111. The van der Waals surface area contributed by atoms with E-state index in [-0.39, 0.29) is 12.9 Å². The molecule has 152 valence electrons. The van der Waals surface area contributed by atoms with Crippen LogP contribution >= 0.6 is 0 Å². The van der Waals surface area contributed by atoms with Gasteiger partial charge >= 0.3 is 0 Å². The molecule has 1 aromatic heterocycles. The Kier molecular flexibility index (Phi) is 6.29. The van der Waals surface area contributed by atoms with E-state index in [0.717, 1.165) is 28.4 Å². The molecule has 0 saturated heterocycles. The lowest BCUT2D eigenvalue weighted by atomic mass is 10.2. The fraction of sp³-hybridized carbons (Fsp3) is 0.318. The summed E-state index contributed by atoms with van der Waals surface area (Å²) in [6.45, 7) is 2.37. The highest BCUT2D eigenvalue weighted by atomic mass is 16.7. The smallest absolute Gasteiger partial charge is 0.231 e. The van der Waals surface area contributed by atoms with Gasteiger partial charge in [-0.05, 0) is 35.4 Å². The normalized spacial score (nSPS) is 13.4. The van der Waals surface area contributed by atoms with Crippen molar-refractivity contribution in [3.8, 4) is 17.2 Å². The van der Waals surface area contributed by atoms with Crippen molar-refractivity contribution in [1.82, 2.24) is 9.55 Å². The number of rotatable bonds is 10. The third-order valence-electron chi connectivity index (χ3n) is 4.63. The molecule has 2 aromatic carbocycles. The fourth-order valence-electron chi connectivity index (χ4n) is 3.06. The maximum Gasteiger partial charge on any atom is 0.231 e. The van der Waals surface area contributed by atoms with Crippen LogP contribution in [0.2, 0.25) is 0 Å². The number of hydrogen-bond acceptors (Lipinski definition) is 6. The molecule has 0 bridgehead atoms. The molecule has 1 aliphatic heterocycles. The van der Waals surface area contributed by atoms with Crippen LogP contribution in [0.5, 0.6) is 17.2 Å². The third kappa shape index (κ3) is 5.28. The van der Waals surface area contributed by atoms with E-state index < -0.39 is 0 Å². The number of benzene rings is 2. The summed E-state index contributed by atoms with van der Waals surface area (Å²) in [5, 5.41) is 0. The first-order chi connectivity index (χ1) is 14.3. The van der Waals surface area contributed by atoms with Crippen molar-refractivity contribution in [3.05, 3.63) is 72.3 Å². The summed E-state index contributed by atoms with van der Waals surface area (Å²) < 4.78 is 30.0. The SMILES string of the molecule is COc1ccc(COC(COCc2ccc3c(c2)OCO3)Cn2ccnc2)cc1. The van der Waals surface area contributed by atoms with Gasteiger partial charge in [0.1, 0.15) is 5.75 Å². The van der Waals surface area contributed by atoms with E-state index in [1.54, 1.807) is 19.6 Å². The van der Waals surface area contributed by atoms with Crippen LogP contribution in [0.15, 0.2) is 61.2 Å². The molecule has 4 rings (SSSR count). The quantitative estimate of drug-likeness (QED) is 0.523. The minimum Gasteiger partial charge on any atom is -0.497 e. The molecule has 1 unspecified atom stereocenters.